The fourth-order valence-corrected chi connectivity index (χ4v) is 1.73. The highest BCUT2D eigenvalue weighted by Gasteiger charge is 2.20. The third-order valence-corrected chi connectivity index (χ3v) is 2.62. The van der Waals surface area contributed by atoms with Crippen molar-refractivity contribution in [1.82, 2.24) is 0 Å². The van der Waals surface area contributed by atoms with Gasteiger partial charge in [0.25, 0.3) is 0 Å². The lowest BCUT2D eigenvalue weighted by Gasteiger charge is -2.13. The van der Waals surface area contributed by atoms with E-state index in [4.69, 9.17) is 14.6 Å². The number of methoxy groups -OCH3 is 1. The summed E-state index contributed by atoms with van der Waals surface area (Å²) < 4.78 is 11.0. The van der Waals surface area contributed by atoms with E-state index in [9.17, 15) is 4.79 Å². The molecule has 0 bridgehead atoms. The number of carboxylic acid groups (broad SMARTS) is 1. The molecule has 0 atom stereocenters. The van der Waals surface area contributed by atoms with Gasteiger partial charge in [0, 0.05) is 4.47 Å². The normalized spacial score (nSPS) is 9.94. The van der Waals surface area contributed by atoms with Crippen LogP contribution in [-0.4, -0.2) is 24.8 Å². The first-order valence-electron chi connectivity index (χ1n) is 4.84. The predicted molar refractivity (Wildman–Crippen MR) is 63.4 cm³/mol. The highest BCUT2D eigenvalue weighted by molar-refractivity contribution is 9.10. The van der Waals surface area contributed by atoms with E-state index in [2.05, 4.69) is 15.9 Å². The SMILES string of the molecule is CCCOc1c(OC)ccc(Br)c1C(=O)O. The van der Waals surface area contributed by atoms with E-state index in [-0.39, 0.29) is 11.3 Å². The van der Waals surface area contributed by atoms with Gasteiger partial charge in [-0.25, -0.2) is 4.79 Å². The molecule has 0 radical (unpaired) electrons. The molecule has 0 aromatic heterocycles. The average molecular weight is 289 g/mol. The smallest absolute Gasteiger partial charge is 0.340 e. The number of benzene rings is 1. The summed E-state index contributed by atoms with van der Waals surface area (Å²) >= 11 is 3.19. The molecule has 1 aromatic rings. The van der Waals surface area contributed by atoms with Crippen LogP contribution in [0, 0.1) is 0 Å². The Kier molecular flexibility index (Phi) is 4.61. The lowest BCUT2D eigenvalue weighted by Crippen LogP contribution is -2.06. The number of hydrogen-bond donors (Lipinski definition) is 1. The van der Waals surface area contributed by atoms with Crippen molar-refractivity contribution in [1.29, 1.82) is 0 Å². The van der Waals surface area contributed by atoms with Gasteiger partial charge in [-0.15, -0.1) is 0 Å². The lowest BCUT2D eigenvalue weighted by atomic mass is 10.2. The predicted octanol–water partition coefficient (Wildman–Crippen LogP) is 2.94. The largest absolute Gasteiger partial charge is 0.493 e. The third kappa shape index (κ3) is 2.66. The maximum absolute atomic E-state index is 11.1. The topological polar surface area (TPSA) is 55.8 Å². The van der Waals surface area contributed by atoms with Crippen LogP contribution in [0.15, 0.2) is 16.6 Å². The van der Waals surface area contributed by atoms with Crippen LogP contribution in [-0.2, 0) is 0 Å². The molecule has 0 aliphatic heterocycles. The van der Waals surface area contributed by atoms with Crippen molar-refractivity contribution in [2.45, 2.75) is 13.3 Å². The number of carbonyl (C=O) groups is 1. The number of ether oxygens (including phenoxy) is 2. The van der Waals surface area contributed by atoms with Gasteiger partial charge >= 0.3 is 5.97 Å². The van der Waals surface area contributed by atoms with Crippen molar-refractivity contribution < 1.29 is 19.4 Å². The van der Waals surface area contributed by atoms with Gasteiger partial charge in [-0.05, 0) is 34.5 Å². The van der Waals surface area contributed by atoms with E-state index >= 15 is 0 Å². The fourth-order valence-electron chi connectivity index (χ4n) is 1.25. The molecule has 0 aliphatic carbocycles. The standard InChI is InChI=1S/C11H13BrO4/c1-3-6-16-10-8(15-2)5-4-7(12)9(10)11(13)14/h4-5H,3,6H2,1-2H3,(H,13,14). The molecule has 5 heteroatoms. The van der Waals surface area contributed by atoms with Crippen LogP contribution in [0.2, 0.25) is 0 Å². The molecule has 0 saturated heterocycles. The third-order valence-electron chi connectivity index (χ3n) is 1.96. The Morgan fingerprint density at radius 3 is 2.69 bits per heavy atom. The molecule has 0 unspecified atom stereocenters. The van der Waals surface area contributed by atoms with Crippen LogP contribution in [0.4, 0.5) is 0 Å². The second-order valence-corrected chi connectivity index (χ2v) is 3.96. The minimum atomic E-state index is -1.04. The first-order valence-corrected chi connectivity index (χ1v) is 5.63. The van der Waals surface area contributed by atoms with Gasteiger partial charge in [-0.3, -0.25) is 0 Å². The zero-order valence-corrected chi connectivity index (χ0v) is 10.7. The summed E-state index contributed by atoms with van der Waals surface area (Å²) in [6, 6.07) is 3.29. The summed E-state index contributed by atoms with van der Waals surface area (Å²) in [5, 5.41) is 9.10. The average Bonchev–Trinajstić information content (AvgIpc) is 2.25. The molecule has 0 heterocycles. The van der Waals surface area contributed by atoms with E-state index in [0.29, 0.717) is 16.8 Å². The van der Waals surface area contributed by atoms with Gasteiger partial charge in [-0.1, -0.05) is 6.92 Å². The molecule has 0 aliphatic rings. The number of hydrogen-bond acceptors (Lipinski definition) is 3. The van der Waals surface area contributed by atoms with Gasteiger partial charge in [0.05, 0.1) is 13.7 Å². The zero-order chi connectivity index (χ0) is 12.1. The Hall–Kier alpha value is -1.23. The van der Waals surface area contributed by atoms with Gasteiger partial charge in [0.2, 0.25) is 0 Å². The highest BCUT2D eigenvalue weighted by atomic mass is 79.9. The summed E-state index contributed by atoms with van der Waals surface area (Å²) in [6.45, 7) is 2.40. The molecule has 88 valence electrons. The first-order chi connectivity index (χ1) is 7.61. The van der Waals surface area contributed by atoms with Crippen LogP contribution in [0.1, 0.15) is 23.7 Å². The second kappa shape index (κ2) is 5.75. The van der Waals surface area contributed by atoms with E-state index < -0.39 is 5.97 Å². The maximum atomic E-state index is 11.1. The first kappa shape index (κ1) is 12.8. The molecule has 1 N–H and O–H groups in total. The molecule has 0 fully saturated rings. The maximum Gasteiger partial charge on any atom is 0.340 e. The minimum absolute atomic E-state index is 0.0906. The minimum Gasteiger partial charge on any atom is -0.493 e. The molecular formula is C11H13BrO4. The quantitative estimate of drug-likeness (QED) is 0.905. The van der Waals surface area contributed by atoms with Crippen molar-refractivity contribution in [2.24, 2.45) is 0 Å². The van der Waals surface area contributed by atoms with E-state index in [1.807, 2.05) is 6.92 Å². The molecule has 0 spiro atoms. The van der Waals surface area contributed by atoms with Crippen LogP contribution >= 0.6 is 15.9 Å². The van der Waals surface area contributed by atoms with E-state index in [1.165, 1.54) is 7.11 Å². The van der Waals surface area contributed by atoms with E-state index in [1.54, 1.807) is 12.1 Å². The molecule has 1 rings (SSSR count). The summed E-state index contributed by atoms with van der Waals surface area (Å²) in [5.74, 6) is -0.350. The Labute approximate surface area is 102 Å². The van der Waals surface area contributed by atoms with Crippen LogP contribution in [0.3, 0.4) is 0 Å². The van der Waals surface area contributed by atoms with Gasteiger partial charge < -0.3 is 14.6 Å². The van der Waals surface area contributed by atoms with Crippen molar-refractivity contribution in [3.63, 3.8) is 0 Å². The Morgan fingerprint density at radius 2 is 2.19 bits per heavy atom. The Bertz CT molecular complexity index is 390. The highest BCUT2D eigenvalue weighted by Crippen LogP contribution is 2.36. The molecule has 1 aromatic carbocycles. The van der Waals surface area contributed by atoms with Crippen LogP contribution < -0.4 is 9.47 Å². The van der Waals surface area contributed by atoms with Gasteiger partial charge in [0.1, 0.15) is 5.56 Å². The number of carboxylic acids is 1. The van der Waals surface area contributed by atoms with Gasteiger partial charge in [-0.2, -0.15) is 0 Å². The molecule has 16 heavy (non-hydrogen) atoms. The molecular weight excluding hydrogens is 276 g/mol. The van der Waals surface area contributed by atoms with E-state index in [0.717, 1.165) is 6.42 Å². The molecule has 0 amide bonds. The lowest BCUT2D eigenvalue weighted by molar-refractivity contribution is 0.0690. The summed E-state index contributed by atoms with van der Waals surface area (Å²) in [6.07, 6.45) is 0.800. The zero-order valence-electron chi connectivity index (χ0n) is 9.12. The molecule has 4 nitrogen and oxygen atoms in total. The van der Waals surface area contributed by atoms with Crippen LogP contribution in [0.25, 0.3) is 0 Å². The van der Waals surface area contributed by atoms with Crippen molar-refractivity contribution in [3.05, 3.63) is 22.2 Å². The second-order valence-electron chi connectivity index (χ2n) is 3.11. The summed E-state index contributed by atoms with van der Waals surface area (Å²) in [4.78, 5) is 11.1. The van der Waals surface area contributed by atoms with Crippen LogP contribution in [0.5, 0.6) is 11.5 Å². The monoisotopic (exact) mass is 288 g/mol. The Balaban J connectivity index is 3.25. The number of halogens is 1. The van der Waals surface area contributed by atoms with Crippen molar-refractivity contribution in [2.75, 3.05) is 13.7 Å². The van der Waals surface area contributed by atoms with Crippen molar-refractivity contribution in [3.8, 4) is 11.5 Å². The van der Waals surface area contributed by atoms with Crippen molar-refractivity contribution >= 4 is 21.9 Å². The summed E-state index contributed by atoms with van der Waals surface area (Å²) in [5.41, 5.74) is 0.0906. The Morgan fingerprint density at radius 1 is 1.50 bits per heavy atom. The number of aromatic carboxylic acids is 1. The number of rotatable bonds is 5. The molecule has 0 saturated carbocycles. The van der Waals surface area contributed by atoms with Gasteiger partial charge in [0.15, 0.2) is 11.5 Å². The fraction of sp³-hybridized carbons (Fsp3) is 0.364. The summed E-state index contributed by atoms with van der Waals surface area (Å²) in [7, 11) is 1.48.